The van der Waals surface area contributed by atoms with Crippen molar-refractivity contribution in [2.45, 2.75) is 25.8 Å². The molecule has 0 aliphatic carbocycles. The number of carbonyl (C=O) groups is 2. The van der Waals surface area contributed by atoms with Crippen LogP contribution in [-0.2, 0) is 16.0 Å². The van der Waals surface area contributed by atoms with E-state index >= 15 is 0 Å². The Hall–Kier alpha value is -4.60. The minimum Gasteiger partial charge on any atom is -0.354 e. The number of hydrogen-bond donors (Lipinski definition) is 3. The van der Waals surface area contributed by atoms with Gasteiger partial charge in [-0.2, -0.15) is 19.6 Å². The van der Waals surface area contributed by atoms with Crippen LogP contribution in [0.1, 0.15) is 36.1 Å². The van der Waals surface area contributed by atoms with E-state index in [0.717, 1.165) is 11.1 Å². The van der Waals surface area contributed by atoms with Gasteiger partial charge in [0.25, 0.3) is 5.91 Å². The average molecular weight is 486 g/mol. The highest BCUT2D eigenvalue weighted by Gasteiger charge is 2.24. The zero-order chi connectivity index (χ0) is 25.1. The normalized spacial score (nSPS) is 15.3. The van der Waals surface area contributed by atoms with Gasteiger partial charge in [0.1, 0.15) is 5.82 Å². The number of rotatable bonds is 8. The molecule has 1 saturated heterocycles. The predicted molar refractivity (Wildman–Crippen MR) is 134 cm³/mol. The van der Waals surface area contributed by atoms with Crippen LogP contribution in [0.5, 0.6) is 0 Å². The fourth-order valence-corrected chi connectivity index (χ4v) is 4.01. The molecule has 3 heterocycles. The number of hydrogen-bond acceptors (Lipinski definition) is 7. The maximum atomic E-state index is 13.5. The summed E-state index contributed by atoms with van der Waals surface area (Å²) in [6.45, 7) is 2.49. The molecule has 0 saturated carbocycles. The average Bonchev–Trinajstić information content (AvgIpc) is 3.41. The molecular formula is C26H24FN7O2. The number of benzene rings is 2. The van der Waals surface area contributed by atoms with Gasteiger partial charge in [-0.1, -0.05) is 42.5 Å². The Morgan fingerprint density at radius 2 is 1.97 bits per heavy atom. The van der Waals surface area contributed by atoms with Crippen LogP contribution in [-0.4, -0.2) is 37.9 Å². The summed E-state index contributed by atoms with van der Waals surface area (Å²) in [6.07, 6.45) is 3.79. The molecule has 9 nitrogen and oxygen atoms in total. The third kappa shape index (κ3) is 5.07. The van der Waals surface area contributed by atoms with Crippen LogP contribution >= 0.6 is 0 Å². The summed E-state index contributed by atoms with van der Waals surface area (Å²) in [7, 11) is 0. The van der Waals surface area contributed by atoms with Gasteiger partial charge in [0.2, 0.25) is 17.8 Å². The van der Waals surface area contributed by atoms with Gasteiger partial charge in [0.05, 0.1) is 18.7 Å². The Morgan fingerprint density at radius 1 is 1.14 bits per heavy atom. The number of fused-ring (bicyclic) bond motifs is 1. The van der Waals surface area contributed by atoms with Crippen molar-refractivity contribution >= 4 is 35.4 Å². The predicted octanol–water partition coefficient (Wildman–Crippen LogP) is 3.52. The molecule has 2 aromatic heterocycles. The Bertz CT molecular complexity index is 1470. The van der Waals surface area contributed by atoms with Gasteiger partial charge < -0.3 is 10.6 Å². The van der Waals surface area contributed by atoms with E-state index < -0.39 is 5.91 Å². The number of anilines is 2. The smallest absolute Gasteiger partial charge is 0.254 e. The molecule has 1 aliphatic rings. The van der Waals surface area contributed by atoms with Crippen LogP contribution in [0.3, 0.4) is 0 Å². The Balaban J connectivity index is 1.46. The summed E-state index contributed by atoms with van der Waals surface area (Å²) < 4.78 is 15.1. The van der Waals surface area contributed by atoms with E-state index in [1.165, 1.54) is 12.1 Å². The minimum absolute atomic E-state index is 0.0101. The number of nitrogens with one attached hydrogen (secondary N) is 3. The van der Waals surface area contributed by atoms with Gasteiger partial charge in [0.15, 0.2) is 5.65 Å². The third-order valence-corrected chi connectivity index (χ3v) is 5.85. The molecule has 36 heavy (non-hydrogen) atoms. The van der Waals surface area contributed by atoms with E-state index in [2.05, 4.69) is 31.0 Å². The van der Waals surface area contributed by atoms with Crippen molar-refractivity contribution in [2.24, 2.45) is 0 Å². The van der Waals surface area contributed by atoms with Gasteiger partial charge in [-0.15, -0.1) is 0 Å². The van der Waals surface area contributed by atoms with Crippen molar-refractivity contribution in [3.63, 3.8) is 0 Å². The van der Waals surface area contributed by atoms with Gasteiger partial charge in [0, 0.05) is 17.7 Å². The van der Waals surface area contributed by atoms with Crippen LogP contribution in [0, 0.1) is 5.82 Å². The second-order valence-electron chi connectivity index (χ2n) is 8.51. The zero-order valence-electron chi connectivity index (χ0n) is 19.5. The lowest BCUT2D eigenvalue weighted by molar-refractivity contribution is -0.124. The molecule has 182 valence electrons. The van der Waals surface area contributed by atoms with Gasteiger partial charge in [-0.3, -0.25) is 14.9 Å². The summed E-state index contributed by atoms with van der Waals surface area (Å²) in [4.78, 5) is 33.0. The second kappa shape index (κ2) is 9.95. The highest BCUT2D eigenvalue weighted by atomic mass is 19.1. The Kier molecular flexibility index (Phi) is 6.40. The fourth-order valence-electron chi connectivity index (χ4n) is 4.01. The van der Waals surface area contributed by atoms with E-state index in [-0.39, 0.29) is 24.2 Å². The molecule has 0 radical (unpaired) electrons. The summed E-state index contributed by atoms with van der Waals surface area (Å²) in [6, 6.07) is 16.3. The van der Waals surface area contributed by atoms with Crippen molar-refractivity contribution < 1.29 is 14.0 Å². The van der Waals surface area contributed by atoms with Crippen molar-refractivity contribution in [3.8, 4) is 0 Å². The monoisotopic (exact) mass is 485 g/mol. The summed E-state index contributed by atoms with van der Waals surface area (Å²) in [5.74, 6) is -0.221. The molecule has 0 spiro atoms. The topological polar surface area (TPSA) is 113 Å². The molecule has 4 aromatic rings. The third-order valence-electron chi connectivity index (χ3n) is 5.85. The lowest BCUT2D eigenvalue weighted by atomic mass is 10.1. The van der Waals surface area contributed by atoms with E-state index in [9.17, 15) is 14.0 Å². The molecule has 1 aliphatic heterocycles. The molecule has 2 aromatic carbocycles. The Labute approximate surface area is 206 Å². The van der Waals surface area contributed by atoms with Crippen molar-refractivity contribution in [3.05, 3.63) is 88.9 Å². The zero-order valence-corrected chi connectivity index (χ0v) is 19.5. The van der Waals surface area contributed by atoms with E-state index in [1.54, 1.807) is 22.9 Å². The molecule has 2 amide bonds. The molecule has 5 rings (SSSR count). The van der Waals surface area contributed by atoms with E-state index in [1.807, 2.05) is 43.3 Å². The first-order valence-electron chi connectivity index (χ1n) is 11.6. The maximum Gasteiger partial charge on any atom is 0.254 e. The highest BCUT2D eigenvalue weighted by molar-refractivity contribution is 6.15. The first kappa shape index (κ1) is 23.2. The molecule has 1 atom stereocenters. The summed E-state index contributed by atoms with van der Waals surface area (Å²) in [5.41, 5.74) is 3.33. The molecule has 0 bridgehead atoms. The van der Waals surface area contributed by atoms with Crippen LogP contribution < -0.4 is 16.0 Å². The first-order valence-corrected chi connectivity index (χ1v) is 11.6. The summed E-state index contributed by atoms with van der Waals surface area (Å²) >= 11 is 0. The SMILES string of the molecule is C[C@H](Nc1nc(NCCc2cccc(F)c2)n2ncc(/C=C3\CC(=O)NC3=O)c2n1)c1ccccc1. The quantitative estimate of drug-likeness (QED) is 0.259. The number of halogens is 1. The largest absolute Gasteiger partial charge is 0.354 e. The van der Waals surface area contributed by atoms with Crippen LogP contribution in [0.15, 0.2) is 66.4 Å². The number of imide groups is 1. The Morgan fingerprint density at radius 3 is 2.72 bits per heavy atom. The fraction of sp³-hybridized carbons (Fsp3) is 0.192. The lowest BCUT2D eigenvalue weighted by Crippen LogP contribution is -2.19. The standard InChI is InChI=1S/C26H24FN7O2/c1-16(18-7-3-2-4-8-18)30-25-32-23-20(13-19-14-22(35)31-24(19)36)15-29-34(23)26(33-25)28-11-10-17-6-5-9-21(27)12-17/h2-9,12-13,15-16H,10-11,14H2,1H3,(H,31,35,36)(H2,28,30,32,33)/b19-13+/t16-/m0/s1. The summed E-state index contributed by atoms with van der Waals surface area (Å²) in [5, 5.41) is 13.3. The maximum absolute atomic E-state index is 13.5. The van der Waals surface area contributed by atoms with Gasteiger partial charge in [-0.05, 0) is 42.7 Å². The number of aromatic nitrogens is 4. The van der Waals surface area contributed by atoms with Gasteiger partial charge in [-0.25, -0.2) is 4.39 Å². The molecule has 1 fully saturated rings. The van der Waals surface area contributed by atoms with E-state index in [0.29, 0.717) is 41.6 Å². The minimum atomic E-state index is -0.419. The first-order chi connectivity index (χ1) is 17.5. The molecule has 3 N–H and O–H groups in total. The van der Waals surface area contributed by atoms with Crippen LogP contribution in [0.25, 0.3) is 11.7 Å². The number of nitrogens with zero attached hydrogens (tertiary/aromatic N) is 4. The van der Waals surface area contributed by atoms with Crippen molar-refractivity contribution in [2.75, 3.05) is 17.2 Å². The van der Waals surface area contributed by atoms with Gasteiger partial charge >= 0.3 is 0 Å². The molecule has 10 heteroatoms. The van der Waals surface area contributed by atoms with E-state index in [4.69, 9.17) is 0 Å². The molecular weight excluding hydrogens is 461 g/mol. The lowest BCUT2D eigenvalue weighted by Gasteiger charge is -2.16. The van der Waals surface area contributed by atoms with Crippen molar-refractivity contribution in [1.29, 1.82) is 0 Å². The van der Waals surface area contributed by atoms with Crippen LogP contribution in [0.2, 0.25) is 0 Å². The number of carbonyl (C=O) groups excluding carboxylic acids is 2. The second-order valence-corrected chi connectivity index (χ2v) is 8.51. The highest BCUT2D eigenvalue weighted by Crippen LogP contribution is 2.23. The molecule has 0 unspecified atom stereocenters. The van der Waals surface area contributed by atoms with Crippen LogP contribution in [0.4, 0.5) is 16.3 Å². The van der Waals surface area contributed by atoms with Crippen molar-refractivity contribution in [1.82, 2.24) is 24.9 Å². The number of amides is 2.